The standard InChI is InChI=1S/C13H13F4NO2/c14-11-4-3-8(6-10(11)13(15,16)17)12(20)18-5-1-2-9(18)7-19/h3-4,6,9,19H,1-2,5,7H2. The number of likely N-dealkylation sites (tertiary alicyclic amines) is 1. The van der Waals surface area contributed by atoms with Crippen LogP contribution in [0, 0.1) is 5.82 Å². The largest absolute Gasteiger partial charge is 0.419 e. The van der Waals surface area contributed by atoms with Crippen molar-refractivity contribution in [1.29, 1.82) is 0 Å². The Morgan fingerprint density at radius 2 is 2.10 bits per heavy atom. The molecule has 1 aromatic rings. The number of alkyl halides is 3. The van der Waals surface area contributed by atoms with Crippen LogP contribution < -0.4 is 0 Å². The summed E-state index contributed by atoms with van der Waals surface area (Å²) in [5.41, 5.74) is -1.68. The van der Waals surface area contributed by atoms with Gasteiger partial charge in [0.15, 0.2) is 0 Å². The number of benzene rings is 1. The minimum atomic E-state index is -4.85. The number of aliphatic hydroxyl groups is 1. The summed E-state index contributed by atoms with van der Waals surface area (Å²) in [6, 6.07) is 1.80. The van der Waals surface area contributed by atoms with Crippen molar-refractivity contribution in [1.82, 2.24) is 4.90 Å². The molecule has 1 aliphatic rings. The van der Waals surface area contributed by atoms with Crippen molar-refractivity contribution in [2.75, 3.05) is 13.2 Å². The van der Waals surface area contributed by atoms with Crippen LogP contribution in [0.15, 0.2) is 18.2 Å². The zero-order chi connectivity index (χ0) is 14.9. The van der Waals surface area contributed by atoms with Gasteiger partial charge in [-0.1, -0.05) is 0 Å². The van der Waals surface area contributed by atoms with E-state index in [1.807, 2.05) is 0 Å². The first kappa shape index (κ1) is 14.8. The van der Waals surface area contributed by atoms with Gasteiger partial charge in [-0.25, -0.2) is 4.39 Å². The van der Waals surface area contributed by atoms with Crippen molar-refractivity contribution < 1.29 is 27.5 Å². The van der Waals surface area contributed by atoms with Gasteiger partial charge in [0.05, 0.1) is 18.2 Å². The maximum absolute atomic E-state index is 13.2. The van der Waals surface area contributed by atoms with Gasteiger partial charge in [0, 0.05) is 12.1 Å². The minimum Gasteiger partial charge on any atom is -0.394 e. The molecule has 0 spiro atoms. The average Bonchev–Trinajstić information content (AvgIpc) is 2.85. The number of hydrogen-bond acceptors (Lipinski definition) is 2. The van der Waals surface area contributed by atoms with Gasteiger partial charge < -0.3 is 10.0 Å². The molecule has 0 saturated carbocycles. The Morgan fingerprint density at radius 1 is 1.40 bits per heavy atom. The predicted molar refractivity (Wildman–Crippen MR) is 62.5 cm³/mol. The first-order valence-corrected chi connectivity index (χ1v) is 6.13. The highest BCUT2D eigenvalue weighted by Gasteiger charge is 2.36. The first-order chi connectivity index (χ1) is 9.34. The summed E-state index contributed by atoms with van der Waals surface area (Å²) in [6.45, 7) is 0.141. The van der Waals surface area contributed by atoms with E-state index in [-0.39, 0.29) is 18.2 Å². The molecule has 110 valence electrons. The molecule has 1 heterocycles. The van der Waals surface area contributed by atoms with Crippen LogP contribution >= 0.6 is 0 Å². The molecule has 1 saturated heterocycles. The third-order valence-corrected chi connectivity index (χ3v) is 3.37. The lowest BCUT2D eigenvalue weighted by molar-refractivity contribution is -0.140. The lowest BCUT2D eigenvalue weighted by Gasteiger charge is -2.23. The minimum absolute atomic E-state index is 0.223. The Labute approximate surface area is 112 Å². The van der Waals surface area contributed by atoms with Crippen molar-refractivity contribution in [3.8, 4) is 0 Å². The van der Waals surface area contributed by atoms with E-state index in [2.05, 4.69) is 0 Å². The zero-order valence-corrected chi connectivity index (χ0v) is 10.5. The Balaban J connectivity index is 2.31. The van der Waals surface area contributed by atoms with E-state index in [9.17, 15) is 22.4 Å². The number of halogens is 4. The number of rotatable bonds is 2. The summed E-state index contributed by atoms with van der Waals surface area (Å²) < 4.78 is 51.0. The summed E-state index contributed by atoms with van der Waals surface area (Å²) in [7, 11) is 0. The Hall–Kier alpha value is -1.63. The molecule has 0 bridgehead atoms. The van der Waals surface area contributed by atoms with Gasteiger partial charge in [-0.15, -0.1) is 0 Å². The summed E-state index contributed by atoms with van der Waals surface area (Å²) in [5, 5.41) is 9.13. The van der Waals surface area contributed by atoms with E-state index in [0.717, 1.165) is 6.07 Å². The first-order valence-electron chi connectivity index (χ1n) is 6.13. The van der Waals surface area contributed by atoms with Gasteiger partial charge in [0.2, 0.25) is 0 Å². The molecule has 1 aromatic carbocycles. The second-order valence-electron chi connectivity index (χ2n) is 4.67. The molecule has 0 radical (unpaired) electrons. The van der Waals surface area contributed by atoms with Gasteiger partial charge >= 0.3 is 6.18 Å². The summed E-state index contributed by atoms with van der Waals surface area (Å²) in [4.78, 5) is 13.5. The molecule has 7 heteroatoms. The fourth-order valence-electron chi connectivity index (χ4n) is 2.33. The smallest absolute Gasteiger partial charge is 0.394 e. The lowest BCUT2D eigenvalue weighted by atomic mass is 10.1. The molecule has 0 aromatic heterocycles. The molecule has 2 rings (SSSR count). The van der Waals surface area contributed by atoms with E-state index in [4.69, 9.17) is 5.11 Å². The van der Waals surface area contributed by atoms with Gasteiger partial charge in [0.25, 0.3) is 5.91 Å². The monoisotopic (exact) mass is 291 g/mol. The molecular formula is C13H13F4NO2. The number of amides is 1. The van der Waals surface area contributed by atoms with Crippen LogP contribution in [0.3, 0.4) is 0 Å². The van der Waals surface area contributed by atoms with Crippen LogP contribution in [0.25, 0.3) is 0 Å². The van der Waals surface area contributed by atoms with Crippen LogP contribution in [0.2, 0.25) is 0 Å². The number of hydrogen-bond donors (Lipinski definition) is 1. The Morgan fingerprint density at radius 3 is 2.70 bits per heavy atom. The Bertz CT molecular complexity index is 516. The quantitative estimate of drug-likeness (QED) is 0.850. The zero-order valence-electron chi connectivity index (χ0n) is 10.5. The fourth-order valence-corrected chi connectivity index (χ4v) is 2.33. The number of nitrogens with zero attached hydrogens (tertiary/aromatic N) is 1. The van der Waals surface area contributed by atoms with Crippen LogP contribution in [0.1, 0.15) is 28.8 Å². The molecule has 20 heavy (non-hydrogen) atoms. The Kier molecular flexibility index (Phi) is 3.99. The number of carbonyl (C=O) groups is 1. The van der Waals surface area contributed by atoms with E-state index in [1.54, 1.807) is 0 Å². The molecule has 1 unspecified atom stereocenters. The van der Waals surface area contributed by atoms with Crippen LogP contribution in [-0.4, -0.2) is 35.1 Å². The molecule has 1 fully saturated rings. The maximum atomic E-state index is 13.2. The number of aliphatic hydroxyl groups excluding tert-OH is 1. The molecule has 1 amide bonds. The van der Waals surface area contributed by atoms with E-state index < -0.39 is 23.5 Å². The van der Waals surface area contributed by atoms with Gasteiger partial charge in [-0.2, -0.15) is 13.2 Å². The van der Waals surface area contributed by atoms with Crippen LogP contribution in [0.4, 0.5) is 17.6 Å². The van der Waals surface area contributed by atoms with E-state index in [0.29, 0.717) is 31.5 Å². The van der Waals surface area contributed by atoms with Crippen LogP contribution in [-0.2, 0) is 6.18 Å². The maximum Gasteiger partial charge on any atom is 0.419 e. The highest BCUT2D eigenvalue weighted by atomic mass is 19.4. The van der Waals surface area contributed by atoms with E-state index >= 15 is 0 Å². The van der Waals surface area contributed by atoms with Crippen LogP contribution in [0.5, 0.6) is 0 Å². The van der Waals surface area contributed by atoms with Gasteiger partial charge in [0.1, 0.15) is 5.82 Å². The summed E-state index contributed by atoms with van der Waals surface area (Å²) >= 11 is 0. The van der Waals surface area contributed by atoms with Gasteiger partial charge in [-0.3, -0.25) is 4.79 Å². The number of carbonyl (C=O) groups excluding carboxylic acids is 1. The predicted octanol–water partition coefficient (Wildman–Crippen LogP) is 2.44. The van der Waals surface area contributed by atoms with Crippen molar-refractivity contribution in [2.45, 2.75) is 25.1 Å². The highest BCUT2D eigenvalue weighted by molar-refractivity contribution is 5.94. The molecular weight excluding hydrogens is 278 g/mol. The normalized spacial score (nSPS) is 19.4. The molecule has 1 N–H and O–H groups in total. The summed E-state index contributed by atoms with van der Waals surface area (Å²) in [6.07, 6.45) is -3.55. The second-order valence-corrected chi connectivity index (χ2v) is 4.67. The van der Waals surface area contributed by atoms with Crippen molar-refractivity contribution in [3.63, 3.8) is 0 Å². The topological polar surface area (TPSA) is 40.5 Å². The van der Waals surface area contributed by atoms with Crippen molar-refractivity contribution in [3.05, 3.63) is 35.1 Å². The molecule has 1 atom stereocenters. The molecule has 3 nitrogen and oxygen atoms in total. The van der Waals surface area contributed by atoms with Gasteiger partial charge in [-0.05, 0) is 31.0 Å². The molecule has 0 aliphatic carbocycles. The van der Waals surface area contributed by atoms with E-state index in [1.165, 1.54) is 4.90 Å². The van der Waals surface area contributed by atoms with Crippen molar-refractivity contribution in [2.24, 2.45) is 0 Å². The SMILES string of the molecule is O=C(c1ccc(F)c(C(F)(F)F)c1)N1CCCC1CO. The molecule has 1 aliphatic heterocycles. The van der Waals surface area contributed by atoms with Crippen molar-refractivity contribution >= 4 is 5.91 Å². The lowest BCUT2D eigenvalue weighted by Crippen LogP contribution is -2.37. The third kappa shape index (κ3) is 2.77. The third-order valence-electron chi connectivity index (χ3n) is 3.37. The highest BCUT2D eigenvalue weighted by Crippen LogP contribution is 2.32. The summed E-state index contributed by atoms with van der Waals surface area (Å²) in [5.74, 6) is -2.03. The average molecular weight is 291 g/mol. The second kappa shape index (κ2) is 5.40. The fraction of sp³-hybridized carbons (Fsp3) is 0.462.